The van der Waals surface area contributed by atoms with Gasteiger partial charge in [0.2, 0.25) is 0 Å². The molecule has 0 spiro atoms. The predicted octanol–water partition coefficient (Wildman–Crippen LogP) is 5.42. The van der Waals surface area contributed by atoms with Crippen LogP contribution in [0.25, 0.3) is 0 Å². The second-order valence-electron chi connectivity index (χ2n) is 10.3. The van der Waals surface area contributed by atoms with E-state index in [1.54, 1.807) is 0 Å². The third kappa shape index (κ3) is 7.61. The zero-order valence-electron chi connectivity index (χ0n) is 18.5. The summed E-state index contributed by atoms with van der Waals surface area (Å²) in [6, 6.07) is -0.0894. The Kier molecular flexibility index (Phi) is 7.60. The van der Waals surface area contributed by atoms with Gasteiger partial charge < -0.3 is 19.5 Å². The van der Waals surface area contributed by atoms with Crippen LogP contribution >= 0.6 is 0 Å². The molecule has 0 aromatic rings. The Labute approximate surface area is 165 Å². The minimum absolute atomic E-state index is 0.0106. The Balaban J connectivity index is 2.14. The van der Waals surface area contributed by atoms with Gasteiger partial charge >= 0.3 is 6.09 Å². The van der Waals surface area contributed by atoms with Crippen molar-refractivity contribution in [3.63, 3.8) is 0 Å². The smallest absolute Gasteiger partial charge is 0.407 e. The molecule has 1 amide bonds. The number of carbonyl (C=O) groups is 1. The Morgan fingerprint density at radius 1 is 1.11 bits per heavy atom. The van der Waals surface area contributed by atoms with Crippen LogP contribution in [0, 0.1) is 11.8 Å². The normalized spacial score (nSPS) is 27.6. The first-order valence-corrected chi connectivity index (χ1v) is 10.8. The lowest BCUT2D eigenvalue weighted by Crippen LogP contribution is -2.50. The number of hydrogen-bond donors (Lipinski definition) is 1. The molecule has 1 saturated carbocycles. The van der Waals surface area contributed by atoms with Crippen LogP contribution in [-0.2, 0) is 14.2 Å². The van der Waals surface area contributed by atoms with Crippen molar-refractivity contribution in [3.05, 3.63) is 0 Å². The number of rotatable bonds is 6. The van der Waals surface area contributed by atoms with E-state index >= 15 is 0 Å². The van der Waals surface area contributed by atoms with E-state index in [9.17, 15) is 4.79 Å². The second-order valence-corrected chi connectivity index (χ2v) is 10.3. The van der Waals surface area contributed by atoms with Gasteiger partial charge in [0.05, 0.1) is 12.1 Å². The summed E-state index contributed by atoms with van der Waals surface area (Å²) in [5.74, 6) is 0.516. The third-order valence-electron chi connectivity index (χ3n) is 5.34. The lowest BCUT2D eigenvalue weighted by Gasteiger charge is -2.33. The van der Waals surface area contributed by atoms with Gasteiger partial charge in [0.25, 0.3) is 0 Å². The standard InChI is InChI=1S/C22H41NO4/c1-15(2)13-18-19(26-22(6,7)25-18)17(14-16-11-9-8-10-12-16)23-20(24)27-21(3,4)5/h15-19H,8-14H2,1-7H3,(H,23,24)/t17-,18-,19+/m0/s1. The van der Waals surface area contributed by atoms with Crippen molar-refractivity contribution in [3.8, 4) is 0 Å². The summed E-state index contributed by atoms with van der Waals surface area (Å²) in [5.41, 5.74) is -0.511. The summed E-state index contributed by atoms with van der Waals surface area (Å²) >= 11 is 0. The number of carbonyl (C=O) groups excluding carboxylic acids is 1. The predicted molar refractivity (Wildman–Crippen MR) is 108 cm³/mol. The van der Waals surface area contributed by atoms with Gasteiger partial charge in [-0.1, -0.05) is 46.0 Å². The van der Waals surface area contributed by atoms with Crippen molar-refractivity contribution < 1.29 is 19.0 Å². The molecule has 2 aliphatic rings. The van der Waals surface area contributed by atoms with Crippen LogP contribution in [0.2, 0.25) is 0 Å². The highest BCUT2D eigenvalue weighted by Crippen LogP contribution is 2.36. The van der Waals surface area contributed by atoms with E-state index in [4.69, 9.17) is 14.2 Å². The first-order chi connectivity index (χ1) is 12.5. The van der Waals surface area contributed by atoms with Crippen LogP contribution in [0.5, 0.6) is 0 Å². The first kappa shape index (κ1) is 22.5. The van der Waals surface area contributed by atoms with E-state index in [1.807, 2.05) is 34.6 Å². The lowest BCUT2D eigenvalue weighted by atomic mass is 9.82. The molecule has 1 N–H and O–H groups in total. The summed E-state index contributed by atoms with van der Waals surface area (Å²) in [6.07, 6.45) is 7.70. The quantitative estimate of drug-likeness (QED) is 0.666. The van der Waals surface area contributed by atoms with Crippen molar-refractivity contribution in [2.45, 2.75) is 123 Å². The average molecular weight is 384 g/mol. The van der Waals surface area contributed by atoms with E-state index in [2.05, 4.69) is 19.2 Å². The van der Waals surface area contributed by atoms with Gasteiger partial charge in [0.15, 0.2) is 5.79 Å². The Bertz CT molecular complexity index is 477. The van der Waals surface area contributed by atoms with Gasteiger partial charge in [-0.05, 0) is 59.3 Å². The van der Waals surface area contributed by atoms with Gasteiger partial charge in [-0.2, -0.15) is 0 Å². The number of amides is 1. The van der Waals surface area contributed by atoms with Crippen molar-refractivity contribution in [1.29, 1.82) is 0 Å². The molecule has 2 rings (SSSR count). The molecule has 0 radical (unpaired) electrons. The number of alkyl carbamates (subject to hydrolysis) is 1. The van der Waals surface area contributed by atoms with E-state index in [1.165, 1.54) is 32.1 Å². The van der Waals surface area contributed by atoms with Gasteiger partial charge in [-0.25, -0.2) is 4.79 Å². The van der Waals surface area contributed by atoms with E-state index in [0.29, 0.717) is 11.8 Å². The molecule has 0 unspecified atom stereocenters. The van der Waals surface area contributed by atoms with Crippen molar-refractivity contribution in [1.82, 2.24) is 5.32 Å². The molecular formula is C22H41NO4. The molecule has 0 aromatic carbocycles. The van der Waals surface area contributed by atoms with Crippen molar-refractivity contribution in [2.24, 2.45) is 11.8 Å². The Hall–Kier alpha value is -0.810. The van der Waals surface area contributed by atoms with E-state index in [-0.39, 0.29) is 24.3 Å². The van der Waals surface area contributed by atoms with Gasteiger partial charge in [-0.3, -0.25) is 0 Å². The molecule has 1 aliphatic carbocycles. The molecule has 27 heavy (non-hydrogen) atoms. The van der Waals surface area contributed by atoms with E-state index < -0.39 is 11.4 Å². The molecule has 158 valence electrons. The molecule has 2 fully saturated rings. The molecule has 0 bridgehead atoms. The van der Waals surface area contributed by atoms with Crippen LogP contribution in [-0.4, -0.2) is 35.7 Å². The van der Waals surface area contributed by atoms with Crippen molar-refractivity contribution in [2.75, 3.05) is 0 Å². The second kappa shape index (κ2) is 9.13. The average Bonchev–Trinajstić information content (AvgIpc) is 2.79. The molecule has 5 heteroatoms. The SMILES string of the molecule is CC(C)C[C@@H]1OC(C)(C)O[C@@H]1[C@H](CC1CCCCC1)NC(=O)OC(C)(C)C. The fourth-order valence-corrected chi connectivity index (χ4v) is 4.37. The van der Waals surface area contributed by atoms with Crippen LogP contribution < -0.4 is 5.32 Å². The highest BCUT2D eigenvalue weighted by molar-refractivity contribution is 5.68. The molecule has 5 nitrogen and oxygen atoms in total. The molecule has 1 aliphatic heterocycles. The first-order valence-electron chi connectivity index (χ1n) is 10.8. The van der Waals surface area contributed by atoms with Crippen LogP contribution in [0.4, 0.5) is 4.79 Å². The summed E-state index contributed by atoms with van der Waals surface area (Å²) < 4.78 is 18.1. The maximum atomic E-state index is 12.5. The Morgan fingerprint density at radius 3 is 2.30 bits per heavy atom. The topological polar surface area (TPSA) is 56.8 Å². The minimum atomic E-state index is -0.620. The van der Waals surface area contributed by atoms with Crippen LogP contribution in [0.1, 0.15) is 93.4 Å². The van der Waals surface area contributed by atoms with E-state index in [0.717, 1.165) is 12.8 Å². The summed E-state index contributed by atoms with van der Waals surface area (Å²) in [7, 11) is 0. The Morgan fingerprint density at radius 2 is 1.74 bits per heavy atom. The summed E-state index contributed by atoms with van der Waals surface area (Å²) in [4.78, 5) is 12.5. The number of hydrogen-bond acceptors (Lipinski definition) is 4. The largest absolute Gasteiger partial charge is 0.444 e. The molecule has 3 atom stereocenters. The molecule has 1 saturated heterocycles. The summed E-state index contributed by atoms with van der Waals surface area (Å²) in [5, 5.41) is 3.14. The van der Waals surface area contributed by atoms with Gasteiger partial charge in [-0.15, -0.1) is 0 Å². The number of ether oxygens (including phenoxy) is 3. The zero-order valence-corrected chi connectivity index (χ0v) is 18.5. The highest BCUT2D eigenvalue weighted by atomic mass is 16.8. The molecule has 0 aromatic heterocycles. The molecular weight excluding hydrogens is 342 g/mol. The van der Waals surface area contributed by atoms with Crippen molar-refractivity contribution >= 4 is 6.09 Å². The fraction of sp³-hybridized carbons (Fsp3) is 0.955. The maximum absolute atomic E-state index is 12.5. The molecule has 1 heterocycles. The van der Waals surface area contributed by atoms with Gasteiger partial charge in [0.1, 0.15) is 11.7 Å². The summed E-state index contributed by atoms with van der Waals surface area (Å²) in [6.45, 7) is 14.0. The van der Waals surface area contributed by atoms with Crippen LogP contribution in [0.15, 0.2) is 0 Å². The van der Waals surface area contributed by atoms with Crippen LogP contribution in [0.3, 0.4) is 0 Å². The maximum Gasteiger partial charge on any atom is 0.407 e. The third-order valence-corrected chi connectivity index (χ3v) is 5.34. The monoisotopic (exact) mass is 383 g/mol. The highest BCUT2D eigenvalue weighted by Gasteiger charge is 2.46. The fourth-order valence-electron chi connectivity index (χ4n) is 4.37. The van der Waals surface area contributed by atoms with Gasteiger partial charge in [0, 0.05) is 0 Å². The zero-order chi connectivity index (χ0) is 20.2. The minimum Gasteiger partial charge on any atom is -0.444 e. The lowest BCUT2D eigenvalue weighted by molar-refractivity contribution is -0.149. The number of nitrogens with one attached hydrogen (secondary N) is 1.